The molecule has 4 nitrogen and oxygen atoms in total. The molecule has 0 saturated carbocycles. The van der Waals surface area contributed by atoms with Crippen LogP contribution in [-0.2, 0) is 9.47 Å². The first-order valence-electron chi connectivity index (χ1n) is 5.68. The standard InChI is InChI=1S/C12H21NO3/c1-11(2,15-3)8-10(14)12(9-13)4-6-16-7-5-12/h10,14H,4-8H2,1-3H3. The highest BCUT2D eigenvalue weighted by Crippen LogP contribution is 2.37. The highest BCUT2D eigenvalue weighted by Gasteiger charge is 2.42. The van der Waals surface area contributed by atoms with Crippen LogP contribution < -0.4 is 0 Å². The summed E-state index contributed by atoms with van der Waals surface area (Å²) in [5.41, 5.74) is -1.06. The second-order valence-corrected chi connectivity index (χ2v) is 5.06. The van der Waals surface area contributed by atoms with Gasteiger partial charge in [-0.15, -0.1) is 0 Å². The predicted molar refractivity (Wildman–Crippen MR) is 59.8 cm³/mol. The summed E-state index contributed by atoms with van der Waals surface area (Å²) >= 11 is 0. The zero-order chi connectivity index (χ0) is 12.2. The Morgan fingerprint density at radius 2 is 2.06 bits per heavy atom. The molecule has 1 saturated heterocycles. The van der Waals surface area contributed by atoms with Gasteiger partial charge in [-0.3, -0.25) is 0 Å². The number of hydrogen-bond donors (Lipinski definition) is 1. The van der Waals surface area contributed by atoms with E-state index < -0.39 is 17.1 Å². The highest BCUT2D eigenvalue weighted by atomic mass is 16.5. The topological polar surface area (TPSA) is 62.5 Å². The van der Waals surface area contributed by atoms with E-state index in [0.29, 0.717) is 32.5 Å². The summed E-state index contributed by atoms with van der Waals surface area (Å²) in [6.07, 6.45) is 1.02. The highest BCUT2D eigenvalue weighted by molar-refractivity contribution is 5.05. The summed E-state index contributed by atoms with van der Waals surface area (Å²) in [5.74, 6) is 0. The molecule has 1 N–H and O–H groups in total. The lowest BCUT2D eigenvalue weighted by molar-refractivity contribution is -0.0766. The molecule has 4 heteroatoms. The Kier molecular flexibility index (Phi) is 4.31. The van der Waals surface area contributed by atoms with Gasteiger partial charge in [0.25, 0.3) is 0 Å². The molecule has 16 heavy (non-hydrogen) atoms. The van der Waals surface area contributed by atoms with E-state index in [9.17, 15) is 10.4 Å². The first-order chi connectivity index (χ1) is 7.46. The molecule has 0 bridgehead atoms. The molecule has 1 aliphatic rings. The van der Waals surface area contributed by atoms with Gasteiger partial charge in [0.15, 0.2) is 0 Å². The molecule has 0 spiro atoms. The van der Waals surface area contributed by atoms with E-state index in [1.165, 1.54) is 0 Å². The Bertz CT molecular complexity index is 264. The zero-order valence-electron chi connectivity index (χ0n) is 10.3. The maximum absolute atomic E-state index is 10.2. The van der Waals surface area contributed by atoms with E-state index >= 15 is 0 Å². The third-order valence-electron chi connectivity index (χ3n) is 3.48. The van der Waals surface area contributed by atoms with Gasteiger partial charge in [0.2, 0.25) is 0 Å². The molecule has 0 radical (unpaired) electrons. The smallest absolute Gasteiger partial charge is 0.0877 e. The number of rotatable bonds is 4. The largest absolute Gasteiger partial charge is 0.391 e. The molecule has 1 heterocycles. The minimum Gasteiger partial charge on any atom is -0.391 e. The van der Waals surface area contributed by atoms with E-state index in [1.54, 1.807) is 7.11 Å². The van der Waals surface area contributed by atoms with Gasteiger partial charge in [0, 0.05) is 26.7 Å². The van der Waals surface area contributed by atoms with Crippen LogP contribution in [0.25, 0.3) is 0 Å². The van der Waals surface area contributed by atoms with Crippen molar-refractivity contribution in [2.24, 2.45) is 5.41 Å². The lowest BCUT2D eigenvalue weighted by Crippen LogP contribution is -2.43. The minimum atomic E-state index is -0.659. The zero-order valence-corrected chi connectivity index (χ0v) is 10.3. The van der Waals surface area contributed by atoms with Crippen molar-refractivity contribution < 1.29 is 14.6 Å². The van der Waals surface area contributed by atoms with Crippen LogP contribution in [0.3, 0.4) is 0 Å². The van der Waals surface area contributed by atoms with E-state index in [4.69, 9.17) is 9.47 Å². The molecular formula is C12H21NO3. The van der Waals surface area contributed by atoms with Crippen LogP contribution in [0.5, 0.6) is 0 Å². The van der Waals surface area contributed by atoms with Gasteiger partial charge in [-0.05, 0) is 26.7 Å². The second kappa shape index (κ2) is 5.13. The Hall–Kier alpha value is -0.630. The monoisotopic (exact) mass is 227 g/mol. The molecule has 0 aromatic heterocycles. The first-order valence-corrected chi connectivity index (χ1v) is 5.68. The van der Waals surface area contributed by atoms with Gasteiger partial charge < -0.3 is 14.6 Å². The van der Waals surface area contributed by atoms with Crippen molar-refractivity contribution >= 4 is 0 Å². The molecular weight excluding hydrogens is 206 g/mol. The van der Waals surface area contributed by atoms with Crippen LogP contribution in [0.15, 0.2) is 0 Å². The molecule has 1 atom stereocenters. The average Bonchev–Trinajstić information content (AvgIpc) is 2.29. The maximum atomic E-state index is 10.2. The fraction of sp³-hybridized carbons (Fsp3) is 0.917. The van der Waals surface area contributed by atoms with Crippen molar-refractivity contribution in [3.8, 4) is 6.07 Å². The Labute approximate surface area is 97.2 Å². The lowest BCUT2D eigenvalue weighted by atomic mass is 9.73. The van der Waals surface area contributed by atoms with E-state index in [1.807, 2.05) is 13.8 Å². The molecule has 92 valence electrons. The fourth-order valence-electron chi connectivity index (χ4n) is 2.00. The Morgan fingerprint density at radius 3 is 2.50 bits per heavy atom. The molecule has 1 fully saturated rings. The molecule has 0 amide bonds. The normalized spacial score (nSPS) is 22.4. The van der Waals surface area contributed by atoms with Crippen LogP contribution in [-0.4, -0.2) is 37.1 Å². The Balaban J connectivity index is 2.69. The van der Waals surface area contributed by atoms with Gasteiger partial charge in [-0.25, -0.2) is 0 Å². The number of aliphatic hydroxyl groups excluding tert-OH is 1. The van der Waals surface area contributed by atoms with Crippen LogP contribution in [0.2, 0.25) is 0 Å². The predicted octanol–water partition coefficient (Wildman–Crippen LogP) is 1.48. The summed E-state index contributed by atoms with van der Waals surface area (Å²) < 4.78 is 10.5. The lowest BCUT2D eigenvalue weighted by Gasteiger charge is -2.38. The fourth-order valence-corrected chi connectivity index (χ4v) is 2.00. The van der Waals surface area contributed by atoms with Crippen LogP contribution in [0.4, 0.5) is 0 Å². The van der Waals surface area contributed by atoms with E-state index in [-0.39, 0.29) is 0 Å². The van der Waals surface area contributed by atoms with E-state index in [0.717, 1.165) is 0 Å². The molecule has 0 aromatic rings. The second-order valence-electron chi connectivity index (χ2n) is 5.06. The van der Waals surface area contributed by atoms with E-state index in [2.05, 4.69) is 6.07 Å². The number of nitrogens with zero attached hydrogens (tertiary/aromatic N) is 1. The van der Waals surface area contributed by atoms with Gasteiger partial charge >= 0.3 is 0 Å². The van der Waals surface area contributed by atoms with Crippen LogP contribution in [0.1, 0.15) is 33.1 Å². The SMILES string of the molecule is COC(C)(C)CC(O)C1(C#N)CCOCC1. The molecule has 1 unspecified atom stereocenters. The molecule has 1 rings (SSSR count). The quantitative estimate of drug-likeness (QED) is 0.790. The summed E-state index contributed by atoms with van der Waals surface area (Å²) in [7, 11) is 1.62. The van der Waals surface area contributed by atoms with Gasteiger partial charge in [0.05, 0.1) is 23.2 Å². The maximum Gasteiger partial charge on any atom is 0.0877 e. The summed E-state index contributed by atoms with van der Waals surface area (Å²) in [6, 6.07) is 2.28. The van der Waals surface area contributed by atoms with Crippen molar-refractivity contribution in [3.05, 3.63) is 0 Å². The Morgan fingerprint density at radius 1 is 1.50 bits per heavy atom. The van der Waals surface area contributed by atoms with Crippen LogP contribution in [0, 0.1) is 16.7 Å². The summed E-state index contributed by atoms with van der Waals surface area (Å²) in [4.78, 5) is 0. The van der Waals surface area contributed by atoms with Crippen molar-refractivity contribution in [1.29, 1.82) is 5.26 Å². The van der Waals surface area contributed by atoms with Crippen LogP contribution >= 0.6 is 0 Å². The summed E-state index contributed by atoms with van der Waals surface area (Å²) in [5, 5.41) is 19.5. The average molecular weight is 227 g/mol. The third kappa shape index (κ3) is 2.94. The molecule has 0 aromatic carbocycles. The molecule has 1 aliphatic heterocycles. The molecule has 0 aliphatic carbocycles. The number of methoxy groups -OCH3 is 1. The van der Waals surface area contributed by atoms with Gasteiger partial charge in [-0.2, -0.15) is 5.26 Å². The van der Waals surface area contributed by atoms with Crippen molar-refractivity contribution in [1.82, 2.24) is 0 Å². The van der Waals surface area contributed by atoms with Crippen molar-refractivity contribution in [3.63, 3.8) is 0 Å². The third-order valence-corrected chi connectivity index (χ3v) is 3.48. The van der Waals surface area contributed by atoms with Gasteiger partial charge in [-0.1, -0.05) is 0 Å². The van der Waals surface area contributed by atoms with Crippen molar-refractivity contribution in [2.75, 3.05) is 20.3 Å². The number of ether oxygens (including phenoxy) is 2. The number of hydrogen-bond acceptors (Lipinski definition) is 4. The first kappa shape index (κ1) is 13.4. The number of aliphatic hydroxyl groups is 1. The summed E-state index contributed by atoms with van der Waals surface area (Å²) in [6.45, 7) is 4.94. The van der Waals surface area contributed by atoms with Crippen molar-refractivity contribution in [2.45, 2.75) is 44.8 Å². The van der Waals surface area contributed by atoms with Gasteiger partial charge in [0.1, 0.15) is 0 Å². The minimum absolute atomic E-state index is 0.401. The number of nitriles is 1.